The van der Waals surface area contributed by atoms with Crippen LogP contribution in [0.5, 0.6) is 11.5 Å². The van der Waals surface area contributed by atoms with Gasteiger partial charge < -0.3 is 14.2 Å². The lowest BCUT2D eigenvalue weighted by Crippen LogP contribution is -2.18. The molecule has 0 fully saturated rings. The molecule has 3 aromatic rings. The zero-order valence-electron chi connectivity index (χ0n) is 14.5. The van der Waals surface area contributed by atoms with Crippen LogP contribution in [0.2, 0.25) is 0 Å². The average molecular weight is 348 g/mol. The van der Waals surface area contributed by atoms with Crippen LogP contribution in [0.15, 0.2) is 84.9 Å². The van der Waals surface area contributed by atoms with Crippen molar-refractivity contribution in [3.8, 4) is 11.5 Å². The summed E-state index contributed by atoms with van der Waals surface area (Å²) in [7, 11) is 1.59. The van der Waals surface area contributed by atoms with Gasteiger partial charge in [-0.05, 0) is 35.4 Å². The maximum Gasteiger partial charge on any atom is 0.337 e. The molecule has 0 spiro atoms. The highest BCUT2D eigenvalue weighted by molar-refractivity contribution is 5.73. The number of rotatable bonds is 7. The summed E-state index contributed by atoms with van der Waals surface area (Å²) in [5, 5.41) is 0. The Labute approximate surface area is 153 Å². The summed E-state index contributed by atoms with van der Waals surface area (Å²) in [4.78, 5) is 12.2. The molecule has 0 atom stereocenters. The molecule has 4 heteroatoms. The van der Waals surface area contributed by atoms with Gasteiger partial charge in [0, 0.05) is 0 Å². The number of methoxy groups -OCH3 is 1. The van der Waals surface area contributed by atoms with Crippen LogP contribution in [0.1, 0.15) is 17.2 Å². The Morgan fingerprint density at radius 2 is 1.27 bits per heavy atom. The summed E-state index contributed by atoms with van der Waals surface area (Å²) in [6, 6.07) is 26.4. The summed E-state index contributed by atoms with van der Waals surface area (Å²) >= 11 is 0. The molecule has 0 aliphatic rings. The van der Waals surface area contributed by atoms with Gasteiger partial charge in [-0.15, -0.1) is 0 Å². The monoisotopic (exact) mass is 348 g/mol. The number of esters is 1. The van der Waals surface area contributed by atoms with E-state index < -0.39 is 5.97 Å². The summed E-state index contributed by atoms with van der Waals surface area (Å²) in [5.41, 5.74) is 1.96. The first-order chi connectivity index (χ1) is 12.8. The third-order valence-corrected chi connectivity index (χ3v) is 3.86. The lowest BCUT2D eigenvalue weighted by molar-refractivity contribution is -0.140. The van der Waals surface area contributed by atoms with Gasteiger partial charge in [0.05, 0.1) is 7.11 Å². The fourth-order valence-electron chi connectivity index (χ4n) is 2.60. The lowest BCUT2D eigenvalue weighted by atomic mass is 10.0. The van der Waals surface area contributed by atoms with Gasteiger partial charge in [0.25, 0.3) is 0 Å². The van der Waals surface area contributed by atoms with Gasteiger partial charge in [0.2, 0.25) is 0 Å². The van der Waals surface area contributed by atoms with Crippen molar-refractivity contribution in [2.75, 3.05) is 13.7 Å². The molecule has 26 heavy (non-hydrogen) atoms. The van der Waals surface area contributed by atoms with Gasteiger partial charge >= 0.3 is 5.97 Å². The van der Waals surface area contributed by atoms with Crippen molar-refractivity contribution in [2.24, 2.45) is 0 Å². The van der Waals surface area contributed by atoms with Crippen LogP contribution in [0, 0.1) is 0 Å². The molecule has 132 valence electrons. The summed E-state index contributed by atoms with van der Waals surface area (Å²) in [6.45, 7) is -0.152. The van der Waals surface area contributed by atoms with Crippen LogP contribution in [-0.2, 0) is 9.53 Å². The summed E-state index contributed by atoms with van der Waals surface area (Å²) in [6.07, 6.45) is -0.333. The standard InChI is InChI=1S/C22H20O4/c1-24-19-12-14-20(15-13-19)26-21(23)16-25-22(17-8-4-2-5-9-17)18-10-6-3-7-11-18/h2-15,22H,16H2,1H3. The molecule has 0 unspecified atom stereocenters. The SMILES string of the molecule is COc1ccc(OC(=O)COC(c2ccccc2)c2ccccc2)cc1. The molecule has 0 aliphatic heterocycles. The highest BCUT2D eigenvalue weighted by Gasteiger charge is 2.17. The first-order valence-electron chi connectivity index (χ1n) is 8.32. The van der Waals surface area contributed by atoms with Crippen molar-refractivity contribution < 1.29 is 19.0 Å². The number of carbonyl (C=O) groups is 1. The van der Waals surface area contributed by atoms with E-state index in [9.17, 15) is 4.79 Å². The molecule has 3 aromatic carbocycles. The Kier molecular flexibility index (Phi) is 6.01. The van der Waals surface area contributed by atoms with Gasteiger partial charge in [0.1, 0.15) is 24.2 Å². The quantitative estimate of drug-likeness (QED) is 0.469. The van der Waals surface area contributed by atoms with Crippen LogP contribution in [0.25, 0.3) is 0 Å². The molecule has 0 bridgehead atoms. The number of carbonyl (C=O) groups excluding carboxylic acids is 1. The predicted molar refractivity (Wildman–Crippen MR) is 99.3 cm³/mol. The number of hydrogen-bond acceptors (Lipinski definition) is 4. The fourth-order valence-corrected chi connectivity index (χ4v) is 2.60. The van der Waals surface area contributed by atoms with Gasteiger partial charge in [-0.2, -0.15) is 0 Å². The van der Waals surface area contributed by atoms with Crippen LogP contribution < -0.4 is 9.47 Å². The van der Waals surface area contributed by atoms with Gasteiger partial charge in [0.15, 0.2) is 0 Å². The minimum Gasteiger partial charge on any atom is -0.497 e. The maximum atomic E-state index is 12.2. The smallest absolute Gasteiger partial charge is 0.337 e. The van der Waals surface area contributed by atoms with Crippen molar-refractivity contribution in [3.05, 3.63) is 96.1 Å². The molecule has 0 saturated carbocycles. The zero-order chi connectivity index (χ0) is 18.2. The van der Waals surface area contributed by atoms with E-state index in [0.29, 0.717) is 11.5 Å². The van der Waals surface area contributed by atoms with E-state index in [0.717, 1.165) is 11.1 Å². The zero-order valence-corrected chi connectivity index (χ0v) is 14.5. The van der Waals surface area contributed by atoms with E-state index in [1.807, 2.05) is 60.7 Å². The Balaban J connectivity index is 1.66. The largest absolute Gasteiger partial charge is 0.497 e. The molecular formula is C22H20O4. The highest BCUT2D eigenvalue weighted by Crippen LogP contribution is 2.26. The normalized spacial score (nSPS) is 10.5. The Bertz CT molecular complexity index is 774. The molecular weight excluding hydrogens is 328 g/mol. The van der Waals surface area contributed by atoms with Crippen molar-refractivity contribution in [1.82, 2.24) is 0 Å². The molecule has 0 aromatic heterocycles. The van der Waals surface area contributed by atoms with E-state index in [4.69, 9.17) is 14.2 Å². The molecule has 0 saturated heterocycles. The van der Waals surface area contributed by atoms with Crippen molar-refractivity contribution in [1.29, 1.82) is 0 Å². The molecule has 0 N–H and O–H groups in total. The third kappa shape index (κ3) is 4.71. The Morgan fingerprint density at radius 3 is 1.77 bits per heavy atom. The van der Waals surface area contributed by atoms with E-state index in [2.05, 4.69) is 0 Å². The van der Waals surface area contributed by atoms with E-state index in [1.54, 1.807) is 31.4 Å². The van der Waals surface area contributed by atoms with E-state index in [-0.39, 0.29) is 12.7 Å². The number of hydrogen-bond donors (Lipinski definition) is 0. The number of benzene rings is 3. The average Bonchev–Trinajstić information content (AvgIpc) is 2.70. The van der Waals surface area contributed by atoms with Gasteiger partial charge in [-0.25, -0.2) is 4.79 Å². The molecule has 0 amide bonds. The van der Waals surface area contributed by atoms with Gasteiger partial charge in [-0.1, -0.05) is 60.7 Å². The van der Waals surface area contributed by atoms with Crippen molar-refractivity contribution >= 4 is 5.97 Å². The second-order valence-corrected chi connectivity index (χ2v) is 5.66. The van der Waals surface area contributed by atoms with Crippen molar-refractivity contribution in [2.45, 2.75) is 6.10 Å². The molecule has 0 heterocycles. The highest BCUT2D eigenvalue weighted by atomic mass is 16.6. The summed E-state index contributed by atoms with van der Waals surface area (Å²) < 4.78 is 16.3. The van der Waals surface area contributed by atoms with Crippen LogP contribution >= 0.6 is 0 Å². The molecule has 0 aliphatic carbocycles. The van der Waals surface area contributed by atoms with E-state index in [1.165, 1.54) is 0 Å². The topological polar surface area (TPSA) is 44.8 Å². The minimum atomic E-state index is -0.452. The van der Waals surface area contributed by atoms with Crippen LogP contribution in [-0.4, -0.2) is 19.7 Å². The van der Waals surface area contributed by atoms with Crippen LogP contribution in [0.3, 0.4) is 0 Å². The predicted octanol–water partition coefficient (Wildman–Crippen LogP) is 4.41. The lowest BCUT2D eigenvalue weighted by Gasteiger charge is -2.18. The van der Waals surface area contributed by atoms with Crippen molar-refractivity contribution in [3.63, 3.8) is 0 Å². The number of ether oxygens (including phenoxy) is 3. The van der Waals surface area contributed by atoms with E-state index >= 15 is 0 Å². The van der Waals surface area contributed by atoms with Crippen LogP contribution in [0.4, 0.5) is 0 Å². The third-order valence-electron chi connectivity index (χ3n) is 3.86. The Hall–Kier alpha value is -3.11. The van der Waals surface area contributed by atoms with Gasteiger partial charge in [-0.3, -0.25) is 0 Å². The summed E-state index contributed by atoms with van der Waals surface area (Å²) in [5.74, 6) is 0.705. The minimum absolute atomic E-state index is 0.152. The molecule has 4 nitrogen and oxygen atoms in total. The molecule has 0 radical (unpaired) electrons. The first kappa shape index (κ1) is 17.7. The maximum absolute atomic E-state index is 12.2. The molecule has 3 rings (SSSR count). The fraction of sp³-hybridized carbons (Fsp3) is 0.136. The first-order valence-corrected chi connectivity index (χ1v) is 8.32. The second-order valence-electron chi connectivity index (χ2n) is 5.66. The second kappa shape index (κ2) is 8.83. The Morgan fingerprint density at radius 1 is 0.769 bits per heavy atom.